The first-order valence-corrected chi connectivity index (χ1v) is 8.48. The molecule has 0 amide bonds. The number of nitrogens with zero attached hydrogens (tertiary/aromatic N) is 2. The van der Waals surface area contributed by atoms with Gasteiger partial charge in [-0.15, -0.1) is 0 Å². The molecule has 1 aromatic carbocycles. The lowest BCUT2D eigenvalue weighted by Crippen LogP contribution is -2.00. The van der Waals surface area contributed by atoms with Crippen LogP contribution in [0.25, 0.3) is 11.5 Å². The van der Waals surface area contributed by atoms with Crippen LogP contribution in [0.2, 0.25) is 0 Å². The van der Waals surface area contributed by atoms with Crippen molar-refractivity contribution in [2.45, 2.75) is 25.4 Å². The highest BCUT2D eigenvalue weighted by molar-refractivity contribution is 7.83. The molecule has 0 saturated heterocycles. The van der Waals surface area contributed by atoms with Gasteiger partial charge in [0.2, 0.25) is 11.8 Å². The Balaban J connectivity index is 1.68. The Bertz CT molecular complexity index is 837. The number of hydrogen-bond donors (Lipinski definition) is 0. The third kappa shape index (κ3) is 3.73. The summed E-state index contributed by atoms with van der Waals surface area (Å²) in [5, 5.41) is 0. The molecule has 7 heteroatoms. The van der Waals surface area contributed by atoms with Crippen molar-refractivity contribution in [2.75, 3.05) is 0 Å². The van der Waals surface area contributed by atoms with E-state index in [1.54, 1.807) is 12.1 Å². The normalized spacial score (nSPS) is 12.5. The quantitative estimate of drug-likeness (QED) is 0.714. The summed E-state index contributed by atoms with van der Waals surface area (Å²) < 4.78 is 36.1. The van der Waals surface area contributed by atoms with Gasteiger partial charge in [-0.3, -0.25) is 4.21 Å². The Morgan fingerprint density at radius 2 is 2.04 bits per heavy atom. The first-order chi connectivity index (χ1) is 11.0. The Hall–Kier alpha value is -2.28. The van der Waals surface area contributed by atoms with Crippen LogP contribution in [0, 0.1) is 19.7 Å². The minimum atomic E-state index is -1.22. The molecule has 3 aromatic rings. The first kappa shape index (κ1) is 15.6. The van der Waals surface area contributed by atoms with Crippen LogP contribution in [0.3, 0.4) is 0 Å². The van der Waals surface area contributed by atoms with E-state index in [1.807, 2.05) is 13.8 Å². The van der Waals surface area contributed by atoms with E-state index in [4.69, 9.17) is 8.83 Å². The highest BCUT2D eigenvalue weighted by Gasteiger charge is 2.13. The molecule has 0 saturated carbocycles. The minimum absolute atomic E-state index is 0.219. The van der Waals surface area contributed by atoms with Crippen LogP contribution in [-0.4, -0.2) is 14.2 Å². The van der Waals surface area contributed by atoms with Crippen molar-refractivity contribution in [3.63, 3.8) is 0 Å². The van der Waals surface area contributed by atoms with Crippen molar-refractivity contribution >= 4 is 10.8 Å². The molecule has 2 aromatic heterocycles. The molecule has 0 aliphatic carbocycles. The lowest BCUT2D eigenvalue weighted by molar-refractivity contribution is 0.487. The zero-order valence-electron chi connectivity index (χ0n) is 12.7. The molecule has 0 spiro atoms. The van der Waals surface area contributed by atoms with Crippen LogP contribution in [0.5, 0.6) is 0 Å². The molecule has 0 N–H and O–H groups in total. The molecule has 0 fully saturated rings. The Kier molecular flexibility index (Phi) is 4.38. The maximum atomic E-state index is 13.2. The van der Waals surface area contributed by atoms with Gasteiger partial charge in [0.25, 0.3) is 0 Å². The van der Waals surface area contributed by atoms with Gasteiger partial charge in [-0.2, -0.15) is 0 Å². The Morgan fingerprint density at radius 3 is 2.74 bits per heavy atom. The SMILES string of the molecule is Cc1nc(CS(=O)Cc2coc(-c3cccc(F)c3)n2)oc1C. The monoisotopic (exact) mass is 334 g/mol. The van der Waals surface area contributed by atoms with E-state index < -0.39 is 10.8 Å². The third-order valence-corrected chi connectivity index (χ3v) is 4.48. The van der Waals surface area contributed by atoms with E-state index in [-0.39, 0.29) is 17.3 Å². The molecule has 1 atom stereocenters. The van der Waals surface area contributed by atoms with Crippen molar-refractivity contribution in [1.82, 2.24) is 9.97 Å². The topological polar surface area (TPSA) is 69.1 Å². The van der Waals surface area contributed by atoms with Gasteiger partial charge in [0.15, 0.2) is 0 Å². The number of hydrogen-bond acceptors (Lipinski definition) is 5. The number of aryl methyl sites for hydroxylation is 2. The molecule has 0 bridgehead atoms. The summed E-state index contributed by atoms with van der Waals surface area (Å²) in [7, 11) is -1.22. The molecule has 1 unspecified atom stereocenters. The molecule has 3 rings (SSSR count). The lowest BCUT2D eigenvalue weighted by Gasteiger charge is -1.96. The van der Waals surface area contributed by atoms with Gasteiger partial charge in [0.1, 0.15) is 23.6 Å². The number of oxazole rings is 2. The van der Waals surface area contributed by atoms with Gasteiger partial charge in [-0.1, -0.05) is 6.07 Å². The largest absolute Gasteiger partial charge is 0.445 e. The van der Waals surface area contributed by atoms with Crippen LogP contribution in [0.15, 0.2) is 39.4 Å². The summed E-state index contributed by atoms with van der Waals surface area (Å²) in [5.41, 5.74) is 1.88. The van der Waals surface area contributed by atoms with Crippen molar-refractivity contribution in [3.05, 3.63) is 59.4 Å². The molecule has 0 radical (unpaired) electrons. The minimum Gasteiger partial charge on any atom is -0.445 e. The summed E-state index contributed by atoms with van der Waals surface area (Å²) in [5.74, 6) is 1.56. The van der Waals surface area contributed by atoms with E-state index in [1.165, 1.54) is 18.4 Å². The van der Waals surface area contributed by atoms with E-state index in [9.17, 15) is 8.60 Å². The molecule has 0 aliphatic heterocycles. The smallest absolute Gasteiger partial charge is 0.226 e. The van der Waals surface area contributed by atoms with Gasteiger partial charge in [0.05, 0.1) is 17.1 Å². The van der Waals surface area contributed by atoms with E-state index in [0.717, 1.165) is 11.5 Å². The van der Waals surface area contributed by atoms with Crippen molar-refractivity contribution < 1.29 is 17.4 Å². The predicted molar refractivity (Wildman–Crippen MR) is 83.4 cm³/mol. The fourth-order valence-corrected chi connectivity index (χ4v) is 3.05. The maximum absolute atomic E-state index is 13.2. The fraction of sp³-hybridized carbons (Fsp3) is 0.250. The second kappa shape index (κ2) is 6.45. The highest BCUT2D eigenvalue weighted by Crippen LogP contribution is 2.20. The van der Waals surface area contributed by atoms with Crippen LogP contribution in [-0.2, 0) is 22.3 Å². The zero-order chi connectivity index (χ0) is 16.4. The van der Waals surface area contributed by atoms with Gasteiger partial charge in [-0.25, -0.2) is 14.4 Å². The Labute approximate surface area is 135 Å². The first-order valence-electron chi connectivity index (χ1n) is 6.99. The second-order valence-corrected chi connectivity index (χ2v) is 6.59. The fourth-order valence-electron chi connectivity index (χ4n) is 2.08. The highest BCUT2D eigenvalue weighted by atomic mass is 32.2. The number of halogens is 1. The second-order valence-electron chi connectivity index (χ2n) is 5.13. The van der Waals surface area contributed by atoms with Crippen LogP contribution in [0.1, 0.15) is 23.0 Å². The van der Waals surface area contributed by atoms with Crippen LogP contribution >= 0.6 is 0 Å². The van der Waals surface area contributed by atoms with Crippen LogP contribution in [0.4, 0.5) is 4.39 Å². The summed E-state index contributed by atoms with van der Waals surface area (Å²) in [6.07, 6.45) is 1.43. The van der Waals surface area contributed by atoms with E-state index >= 15 is 0 Å². The third-order valence-electron chi connectivity index (χ3n) is 3.29. The van der Waals surface area contributed by atoms with E-state index in [2.05, 4.69) is 9.97 Å². The average molecular weight is 334 g/mol. The molecule has 5 nitrogen and oxygen atoms in total. The molecule has 2 heterocycles. The Morgan fingerprint density at radius 1 is 1.22 bits per heavy atom. The van der Waals surface area contributed by atoms with Crippen molar-refractivity contribution in [2.24, 2.45) is 0 Å². The summed E-state index contributed by atoms with van der Waals surface area (Å²) in [6, 6.07) is 5.97. The van der Waals surface area contributed by atoms with E-state index in [0.29, 0.717) is 23.0 Å². The van der Waals surface area contributed by atoms with Crippen LogP contribution < -0.4 is 0 Å². The van der Waals surface area contributed by atoms with Crippen molar-refractivity contribution in [3.8, 4) is 11.5 Å². The summed E-state index contributed by atoms with van der Waals surface area (Å²) in [6.45, 7) is 3.66. The summed E-state index contributed by atoms with van der Waals surface area (Å²) in [4.78, 5) is 8.46. The zero-order valence-corrected chi connectivity index (χ0v) is 13.5. The molecular formula is C16H15FN2O3S. The maximum Gasteiger partial charge on any atom is 0.226 e. The van der Waals surface area contributed by atoms with Gasteiger partial charge in [0, 0.05) is 16.4 Å². The number of benzene rings is 1. The molecule has 0 aliphatic rings. The predicted octanol–water partition coefficient (Wildman–Crippen LogP) is 3.53. The van der Waals surface area contributed by atoms with Crippen molar-refractivity contribution in [1.29, 1.82) is 0 Å². The standard InChI is InChI=1S/C16H15FN2O3S/c1-10-11(2)22-15(18-10)9-23(20)8-14-7-21-16(19-14)12-4-3-5-13(17)6-12/h3-7H,8-9H2,1-2H3. The molecule has 23 heavy (non-hydrogen) atoms. The lowest BCUT2D eigenvalue weighted by atomic mass is 10.2. The van der Waals surface area contributed by atoms with Gasteiger partial charge in [-0.05, 0) is 32.0 Å². The molecular weight excluding hydrogens is 319 g/mol. The number of aromatic nitrogens is 2. The van der Waals surface area contributed by atoms with Gasteiger partial charge >= 0.3 is 0 Å². The average Bonchev–Trinajstić information content (AvgIpc) is 3.06. The molecule has 120 valence electrons. The van der Waals surface area contributed by atoms with Gasteiger partial charge < -0.3 is 8.83 Å². The summed E-state index contributed by atoms with van der Waals surface area (Å²) >= 11 is 0. The number of rotatable bonds is 5.